The van der Waals surface area contributed by atoms with Crippen LogP contribution >= 0.6 is 23.2 Å². The molecule has 0 spiro atoms. The Bertz CT molecular complexity index is 712. The molecule has 1 aromatic carbocycles. The van der Waals surface area contributed by atoms with Gasteiger partial charge in [0.05, 0.1) is 5.02 Å². The first kappa shape index (κ1) is 12.1. The zero-order valence-corrected chi connectivity index (χ0v) is 11.0. The van der Waals surface area contributed by atoms with Crippen LogP contribution < -0.4 is 0 Å². The molecule has 0 bridgehead atoms. The van der Waals surface area contributed by atoms with Crippen LogP contribution in [0.15, 0.2) is 42.7 Å². The van der Waals surface area contributed by atoms with Crippen LogP contribution in [-0.4, -0.2) is 24.7 Å². The fourth-order valence-corrected chi connectivity index (χ4v) is 1.97. The SMILES string of the molecule is Clc1nc(-c2ccccc2Cl)nc(-n2cccn2)n1. The van der Waals surface area contributed by atoms with Crippen molar-refractivity contribution in [3.63, 3.8) is 0 Å². The van der Waals surface area contributed by atoms with Gasteiger partial charge in [-0.15, -0.1) is 0 Å². The molecule has 2 heterocycles. The Morgan fingerprint density at radius 1 is 0.947 bits per heavy atom. The van der Waals surface area contributed by atoms with Crippen LogP contribution in [0.3, 0.4) is 0 Å². The minimum absolute atomic E-state index is 0.0930. The maximum Gasteiger partial charge on any atom is 0.255 e. The highest BCUT2D eigenvalue weighted by Gasteiger charge is 2.11. The van der Waals surface area contributed by atoms with Gasteiger partial charge in [-0.2, -0.15) is 20.1 Å². The monoisotopic (exact) mass is 291 g/mol. The molecule has 2 aromatic heterocycles. The van der Waals surface area contributed by atoms with Crippen molar-refractivity contribution in [1.82, 2.24) is 24.7 Å². The van der Waals surface area contributed by atoms with E-state index in [0.717, 1.165) is 0 Å². The van der Waals surface area contributed by atoms with Gasteiger partial charge in [-0.25, -0.2) is 4.68 Å². The van der Waals surface area contributed by atoms with E-state index < -0.39 is 0 Å². The summed E-state index contributed by atoms with van der Waals surface area (Å²) in [5, 5.41) is 4.70. The molecule has 0 atom stereocenters. The molecular weight excluding hydrogens is 285 g/mol. The van der Waals surface area contributed by atoms with Crippen molar-refractivity contribution in [2.24, 2.45) is 0 Å². The number of rotatable bonds is 2. The summed E-state index contributed by atoms with van der Waals surface area (Å²) in [7, 11) is 0. The fourth-order valence-electron chi connectivity index (χ4n) is 1.59. The first-order valence-corrected chi connectivity index (χ1v) is 6.16. The number of hydrogen-bond donors (Lipinski definition) is 0. The highest BCUT2D eigenvalue weighted by atomic mass is 35.5. The number of halogens is 2. The molecule has 3 aromatic rings. The minimum atomic E-state index is 0.0930. The summed E-state index contributed by atoms with van der Waals surface area (Å²) in [5.41, 5.74) is 0.696. The third-order valence-electron chi connectivity index (χ3n) is 2.42. The first-order valence-electron chi connectivity index (χ1n) is 5.40. The van der Waals surface area contributed by atoms with Gasteiger partial charge in [-0.05, 0) is 29.8 Å². The van der Waals surface area contributed by atoms with Crippen molar-refractivity contribution in [2.75, 3.05) is 0 Å². The minimum Gasteiger partial charge on any atom is -0.206 e. The molecule has 7 heteroatoms. The maximum absolute atomic E-state index is 6.12. The zero-order chi connectivity index (χ0) is 13.2. The molecular formula is C12H7Cl2N5. The molecule has 0 N–H and O–H groups in total. The summed E-state index contributed by atoms with van der Waals surface area (Å²) < 4.78 is 1.51. The van der Waals surface area contributed by atoms with Crippen LogP contribution in [0.2, 0.25) is 10.3 Å². The number of nitrogens with zero attached hydrogens (tertiary/aromatic N) is 5. The van der Waals surface area contributed by atoms with Crippen LogP contribution in [0.25, 0.3) is 17.3 Å². The van der Waals surface area contributed by atoms with E-state index in [2.05, 4.69) is 20.1 Å². The standard InChI is InChI=1S/C12H7Cl2N5/c13-9-5-2-1-4-8(9)10-16-11(14)18-12(17-10)19-7-3-6-15-19/h1-7H. The van der Waals surface area contributed by atoms with Gasteiger partial charge in [0.15, 0.2) is 5.82 Å². The normalized spacial score (nSPS) is 10.6. The van der Waals surface area contributed by atoms with Gasteiger partial charge in [-0.1, -0.05) is 23.7 Å². The Kier molecular flexibility index (Phi) is 3.15. The highest BCUT2D eigenvalue weighted by Crippen LogP contribution is 2.25. The Morgan fingerprint density at radius 2 is 1.79 bits per heavy atom. The van der Waals surface area contributed by atoms with E-state index >= 15 is 0 Å². The Labute approximate surface area is 118 Å². The van der Waals surface area contributed by atoms with E-state index in [1.54, 1.807) is 24.5 Å². The second-order valence-corrected chi connectivity index (χ2v) is 4.40. The molecule has 94 valence electrons. The lowest BCUT2D eigenvalue weighted by Gasteiger charge is -2.05. The molecule has 3 rings (SSSR count). The Morgan fingerprint density at radius 3 is 2.53 bits per heavy atom. The van der Waals surface area contributed by atoms with Crippen LogP contribution in [0.5, 0.6) is 0 Å². The van der Waals surface area contributed by atoms with Gasteiger partial charge >= 0.3 is 0 Å². The average molecular weight is 292 g/mol. The lowest BCUT2D eigenvalue weighted by atomic mass is 10.2. The van der Waals surface area contributed by atoms with E-state index in [-0.39, 0.29) is 5.28 Å². The lowest BCUT2D eigenvalue weighted by molar-refractivity contribution is 0.798. The van der Waals surface area contributed by atoms with Gasteiger partial charge in [-0.3, -0.25) is 0 Å². The second kappa shape index (κ2) is 4.95. The summed E-state index contributed by atoms with van der Waals surface area (Å²) in [5.74, 6) is 0.760. The van der Waals surface area contributed by atoms with Crippen molar-refractivity contribution in [2.45, 2.75) is 0 Å². The summed E-state index contributed by atoms with van der Waals surface area (Å²) in [4.78, 5) is 12.4. The third kappa shape index (κ3) is 2.43. The Balaban J connectivity index is 2.16. The van der Waals surface area contributed by atoms with Gasteiger partial charge in [0.1, 0.15) is 0 Å². The van der Waals surface area contributed by atoms with Gasteiger partial charge in [0.2, 0.25) is 5.28 Å². The number of benzene rings is 1. The molecule has 0 aliphatic heterocycles. The smallest absolute Gasteiger partial charge is 0.206 e. The van der Waals surface area contributed by atoms with E-state index in [9.17, 15) is 0 Å². The molecule has 0 unspecified atom stereocenters. The first-order chi connectivity index (χ1) is 9.24. The largest absolute Gasteiger partial charge is 0.255 e. The Hall–Kier alpha value is -1.98. The van der Waals surface area contributed by atoms with Crippen LogP contribution in [0, 0.1) is 0 Å². The zero-order valence-electron chi connectivity index (χ0n) is 9.53. The summed E-state index contributed by atoms with van der Waals surface area (Å²) in [6.07, 6.45) is 3.36. The summed E-state index contributed by atoms with van der Waals surface area (Å²) in [6.45, 7) is 0. The molecule has 0 radical (unpaired) electrons. The van der Waals surface area contributed by atoms with Crippen LogP contribution in [0.1, 0.15) is 0 Å². The molecule has 0 amide bonds. The topological polar surface area (TPSA) is 56.5 Å². The maximum atomic E-state index is 6.12. The second-order valence-electron chi connectivity index (χ2n) is 3.66. The van der Waals surface area contributed by atoms with E-state index in [1.165, 1.54) is 4.68 Å². The van der Waals surface area contributed by atoms with Crippen molar-refractivity contribution >= 4 is 23.2 Å². The van der Waals surface area contributed by atoms with Crippen molar-refractivity contribution < 1.29 is 0 Å². The molecule has 5 nitrogen and oxygen atoms in total. The quantitative estimate of drug-likeness (QED) is 0.728. The van der Waals surface area contributed by atoms with Crippen LogP contribution in [0.4, 0.5) is 0 Å². The van der Waals surface area contributed by atoms with Crippen molar-refractivity contribution in [3.05, 3.63) is 53.0 Å². The summed E-state index contributed by atoms with van der Waals surface area (Å²) in [6, 6.07) is 9.05. The number of aromatic nitrogens is 5. The predicted octanol–water partition coefficient (Wildman–Crippen LogP) is 3.03. The van der Waals surface area contributed by atoms with E-state index in [0.29, 0.717) is 22.4 Å². The van der Waals surface area contributed by atoms with Gasteiger partial charge < -0.3 is 0 Å². The van der Waals surface area contributed by atoms with Crippen molar-refractivity contribution in [1.29, 1.82) is 0 Å². The summed E-state index contributed by atoms with van der Waals surface area (Å²) >= 11 is 12.0. The van der Waals surface area contributed by atoms with Crippen LogP contribution in [-0.2, 0) is 0 Å². The molecule has 0 saturated heterocycles. The molecule has 0 fully saturated rings. The van der Waals surface area contributed by atoms with Crippen molar-refractivity contribution in [3.8, 4) is 17.3 Å². The molecule has 0 aliphatic rings. The third-order valence-corrected chi connectivity index (χ3v) is 2.92. The fraction of sp³-hybridized carbons (Fsp3) is 0. The highest BCUT2D eigenvalue weighted by molar-refractivity contribution is 6.33. The van der Waals surface area contributed by atoms with Gasteiger partial charge in [0.25, 0.3) is 5.95 Å². The average Bonchev–Trinajstić information content (AvgIpc) is 2.92. The molecule has 19 heavy (non-hydrogen) atoms. The van der Waals surface area contributed by atoms with Gasteiger partial charge in [0, 0.05) is 18.0 Å². The number of hydrogen-bond acceptors (Lipinski definition) is 4. The molecule has 0 saturated carbocycles. The predicted molar refractivity (Wildman–Crippen MR) is 72.4 cm³/mol. The van der Waals surface area contributed by atoms with E-state index in [1.807, 2.05) is 18.2 Å². The lowest BCUT2D eigenvalue weighted by Crippen LogP contribution is -2.05. The molecule has 0 aliphatic carbocycles. The van der Waals surface area contributed by atoms with E-state index in [4.69, 9.17) is 23.2 Å².